The number of rotatable bonds is 9. The third-order valence-corrected chi connectivity index (χ3v) is 5.62. The Bertz CT molecular complexity index is 774. The fourth-order valence-corrected chi connectivity index (χ4v) is 3.84. The highest BCUT2D eigenvalue weighted by Gasteiger charge is 2.40. The largest absolute Gasteiger partial charge is 0.489 e. The van der Waals surface area contributed by atoms with Crippen LogP contribution in [0.5, 0.6) is 5.75 Å². The van der Waals surface area contributed by atoms with E-state index in [1.165, 1.54) is 6.07 Å². The fraction of sp³-hybridized carbons (Fsp3) is 0.526. The lowest BCUT2D eigenvalue weighted by atomic mass is 10.0. The molecule has 0 saturated heterocycles. The molecule has 27 heavy (non-hydrogen) atoms. The molecule has 0 radical (unpaired) electrons. The van der Waals surface area contributed by atoms with Gasteiger partial charge >= 0.3 is 5.63 Å². The van der Waals surface area contributed by atoms with Crippen LogP contribution in [0.25, 0.3) is 0 Å². The first kappa shape index (κ1) is 21.2. The summed E-state index contributed by atoms with van der Waals surface area (Å²) in [6.45, 7) is 9.65. The first-order valence-electron chi connectivity index (χ1n) is 9.04. The smallest absolute Gasteiger partial charge is 0.339 e. The van der Waals surface area contributed by atoms with E-state index in [-0.39, 0.29) is 18.6 Å². The zero-order valence-corrected chi connectivity index (χ0v) is 16.9. The molecule has 4 N–H and O–H groups in total. The van der Waals surface area contributed by atoms with Crippen molar-refractivity contribution >= 4 is 22.7 Å². The zero-order chi connectivity index (χ0) is 20.0. The first-order chi connectivity index (χ1) is 12.8. The molecule has 1 aromatic rings. The van der Waals surface area contributed by atoms with Gasteiger partial charge in [-0.3, -0.25) is 9.79 Å². The minimum absolute atomic E-state index is 0.0489. The van der Waals surface area contributed by atoms with Crippen molar-refractivity contribution in [1.82, 2.24) is 5.32 Å². The van der Waals surface area contributed by atoms with Gasteiger partial charge in [0.05, 0.1) is 12.1 Å². The van der Waals surface area contributed by atoms with Crippen LogP contribution in [0.15, 0.2) is 39.0 Å². The fourth-order valence-electron chi connectivity index (χ4n) is 2.66. The molecule has 1 aromatic heterocycles. The summed E-state index contributed by atoms with van der Waals surface area (Å²) >= 11 is 1.56. The van der Waals surface area contributed by atoms with E-state index in [1.807, 2.05) is 20.8 Å². The van der Waals surface area contributed by atoms with E-state index in [4.69, 9.17) is 9.15 Å². The summed E-state index contributed by atoms with van der Waals surface area (Å²) in [5.74, 6) is 1.15. The van der Waals surface area contributed by atoms with E-state index >= 15 is 0 Å². The van der Waals surface area contributed by atoms with Crippen LogP contribution in [0.2, 0.25) is 0 Å². The van der Waals surface area contributed by atoms with Gasteiger partial charge in [0.1, 0.15) is 34.7 Å². The summed E-state index contributed by atoms with van der Waals surface area (Å²) in [5, 5.41) is 3.88. The molecule has 0 bridgehead atoms. The van der Waals surface area contributed by atoms with Gasteiger partial charge in [0.15, 0.2) is 0 Å². The minimum atomic E-state index is -0.852. The van der Waals surface area contributed by atoms with Crippen molar-refractivity contribution in [3.63, 3.8) is 0 Å². The Morgan fingerprint density at radius 3 is 2.93 bits per heavy atom. The number of nitrogens with zero attached hydrogens (tertiary/aromatic N) is 1. The van der Waals surface area contributed by atoms with Crippen LogP contribution in [0.4, 0.5) is 0 Å². The summed E-state index contributed by atoms with van der Waals surface area (Å²) in [6.07, 6.45) is 3.03. The maximum Gasteiger partial charge on any atom is 0.339 e. The molecular formula is C19H28N3O4S+. The van der Waals surface area contributed by atoms with Crippen LogP contribution >= 0.6 is 11.8 Å². The third kappa shape index (κ3) is 5.46. The van der Waals surface area contributed by atoms with Crippen LogP contribution in [0.3, 0.4) is 0 Å². The van der Waals surface area contributed by atoms with Crippen molar-refractivity contribution in [2.75, 3.05) is 12.4 Å². The number of hydrogen-bond acceptors (Lipinski definition) is 6. The molecule has 0 aromatic carbocycles. The number of hydrogen-bond donors (Lipinski definition) is 2. The molecule has 148 valence electrons. The van der Waals surface area contributed by atoms with E-state index < -0.39 is 17.2 Å². The molecule has 0 fully saturated rings. The Hall–Kier alpha value is -2.06. The van der Waals surface area contributed by atoms with Crippen molar-refractivity contribution in [3.8, 4) is 5.75 Å². The second kappa shape index (κ2) is 9.23. The minimum Gasteiger partial charge on any atom is -0.489 e. The van der Waals surface area contributed by atoms with Crippen LogP contribution in [-0.2, 0) is 4.79 Å². The molecule has 1 amide bonds. The SMILES string of the molecule is C=CCOc1cc([C@@H](CCC)NC(=O)[C@]2(C)CSC(C(C)[NH3+])=N2)oc(=O)c1. The molecule has 0 aliphatic carbocycles. The maximum absolute atomic E-state index is 12.9. The Morgan fingerprint density at radius 2 is 2.33 bits per heavy atom. The number of nitrogens with one attached hydrogen (secondary N) is 1. The van der Waals surface area contributed by atoms with Crippen molar-refractivity contribution < 1.29 is 19.7 Å². The van der Waals surface area contributed by atoms with Gasteiger partial charge < -0.3 is 20.2 Å². The molecule has 0 saturated carbocycles. The zero-order valence-electron chi connectivity index (χ0n) is 16.1. The van der Waals surface area contributed by atoms with Crippen molar-refractivity contribution in [2.24, 2.45) is 4.99 Å². The normalized spacial score (nSPS) is 21.3. The van der Waals surface area contributed by atoms with Crippen LogP contribution < -0.4 is 21.4 Å². The summed E-state index contributed by atoms with van der Waals surface area (Å²) < 4.78 is 10.8. The maximum atomic E-state index is 12.9. The molecule has 1 aliphatic heterocycles. The number of carbonyl (C=O) groups is 1. The highest BCUT2D eigenvalue weighted by molar-refractivity contribution is 8.14. The first-order valence-corrected chi connectivity index (χ1v) is 10.0. The van der Waals surface area contributed by atoms with Gasteiger partial charge in [-0.2, -0.15) is 0 Å². The van der Waals surface area contributed by atoms with Gasteiger partial charge in [-0.1, -0.05) is 26.0 Å². The topological polar surface area (TPSA) is 109 Å². The average Bonchev–Trinajstić information content (AvgIpc) is 3.03. The predicted molar refractivity (Wildman–Crippen MR) is 107 cm³/mol. The predicted octanol–water partition coefficient (Wildman–Crippen LogP) is 1.70. The molecule has 8 heteroatoms. The molecular weight excluding hydrogens is 366 g/mol. The highest BCUT2D eigenvalue weighted by atomic mass is 32.2. The summed E-state index contributed by atoms with van der Waals surface area (Å²) in [6, 6.07) is 2.54. The Balaban J connectivity index is 2.23. The number of ether oxygens (including phenoxy) is 1. The molecule has 2 heterocycles. The second-order valence-corrected chi connectivity index (χ2v) is 7.84. The number of quaternary nitrogens is 1. The van der Waals surface area contributed by atoms with Crippen LogP contribution in [0, 0.1) is 0 Å². The molecule has 1 unspecified atom stereocenters. The summed E-state index contributed by atoms with van der Waals surface area (Å²) in [7, 11) is 0. The van der Waals surface area contributed by atoms with Gasteiger partial charge in [0, 0.05) is 11.8 Å². The number of carbonyl (C=O) groups excluding carboxylic acids is 1. The van der Waals surface area contributed by atoms with Gasteiger partial charge in [0.25, 0.3) is 0 Å². The number of aliphatic imine (C=N–C) groups is 1. The van der Waals surface area contributed by atoms with Crippen molar-refractivity contribution in [2.45, 2.75) is 51.2 Å². The third-order valence-electron chi connectivity index (χ3n) is 4.13. The van der Waals surface area contributed by atoms with Crippen LogP contribution in [0.1, 0.15) is 45.4 Å². The van der Waals surface area contributed by atoms with Gasteiger partial charge in [-0.15, -0.1) is 11.8 Å². The lowest BCUT2D eigenvalue weighted by Crippen LogP contribution is -2.62. The number of amides is 1. The molecule has 0 spiro atoms. The van der Waals surface area contributed by atoms with Gasteiger partial charge in [-0.05, 0) is 20.3 Å². The van der Waals surface area contributed by atoms with Gasteiger partial charge in [-0.25, -0.2) is 4.79 Å². The van der Waals surface area contributed by atoms with Gasteiger partial charge in [0.2, 0.25) is 5.91 Å². The summed E-state index contributed by atoms with van der Waals surface area (Å²) in [5.41, 5.74) is 2.60. The van der Waals surface area contributed by atoms with E-state index in [1.54, 1.807) is 23.9 Å². The Labute approximate surface area is 163 Å². The number of thioether (sulfide) groups is 1. The highest BCUT2D eigenvalue weighted by Crippen LogP contribution is 2.30. The Morgan fingerprint density at radius 1 is 1.59 bits per heavy atom. The van der Waals surface area contributed by atoms with Crippen molar-refractivity contribution in [3.05, 3.63) is 41.0 Å². The van der Waals surface area contributed by atoms with Crippen molar-refractivity contribution in [1.29, 1.82) is 0 Å². The molecule has 7 nitrogen and oxygen atoms in total. The molecule has 1 aliphatic rings. The Kier molecular flexibility index (Phi) is 7.26. The lowest BCUT2D eigenvalue weighted by molar-refractivity contribution is -0.388. The van der Waals surface area contributed by atoms with E-state index in [2.05, 4.69) is 22.6 Å². The standard InChI is InChI=1S/C19H27N3O4S/c1-5-7-14(15-9-13(25-8-6-2)10-16(23)26-15)21-18(24)19(4)11-27-17(22-19)12(3)20/h6,9-10,12,14H,2,5,7-8,11,20H2,1,3-4H3,(H,21,24)/p+1/t12?,14-,19+/m1/s1. The molecule has 3 atom stereocenters. The summed E-state index contributed by atoms with van der Waals surface area (Å²) in [4.78, 5) is 29.4. The monoisotopic (exact) mass is 394 g/mol. The van der Waals surface area contributed by atoms with E-state index in [0.29, 0.717) is 23.7 Å². The molecule has 2 rings (SSSR count). The lowest BCUT2D eigenvalue weighted by Gasteiger charge is -2.24. The average molecular weight is 395 g/mol. The second-order valence-electron chi connectivity index (χ2n) is 6.84. The quantitative estimate of drug-likeness (QED) is 0.620. The van der Waals surface area contributed by atoms with E-state index in [9.17, 15) is 9.59 Å². The van der Waals surface area contributed by atoms with E-state index in [0.717, 1.165) is 11.5 Å². The van der Waals surface area contributed by atoms with Crippen LogP contribution in [-0.4, -0.2) is 34.9 Å².